The average Bonchev–Trinajstić information content (AvgIpc) is 2.33. The van der Waals surface area contributed by atoms with Crippen molar-refractivity contribution in [3.05, 3.63) is 52.0 Å². The summed E-state index contributed by atoms with van der Waals surface area (Å²) in [7, 11) is 0. The largest absolute Gasteiger partial charge is 0.508 e. The Morgan fingerprint density at radius 3 is 2.37 bits per heavy atom. The molecule has 0 aliphatic carbocycles. The summed E-state index contributed by atoms with van der Waals surface area (Å²) in [6.07, 6.45) is 0. The van der Waals surface area contributed by atoms with Crippen LogP contribution in [-0.2, 0) is 0 Å². The summed E-state index contributed by atoms with van der Waals surface area (Å²) in [5, 5.41) is 23.2. The van der Waals surface area contributed by atoms with Crippen molar-refractivity contribution >= 4 is 28.9 Å². The molecule has 19 heavy (non-hydrogen) atoms. The lowest BCUT2D eigenvalue weighted by molar-refractivity contribution is 0.444. The van der Waals surface area contributed by atoms with Gasteiger partial charge in [-0.2, -0.15) is 0 Å². The maximum absolute atomic E-state index is 9.79. The minimum atomic E-state index is -0.141. The molecule has 0 heterocycles. The zero-order valence-electron chi connectivity index (χ0n) is 10.2. The van der Waals surface area contributed by atoms with E-state index >= 15 is 0 Å². The standard InChI is InChI=1S/C14H13Cl2NO2/c1-8(11-4-3-10(18)7-14(11)19)17-9-2-5-12(15)13(16)6-9/h2-8,17-19H,1H3. The van der Waals surface area contributed by atoms with E-state index in [1.54, 1.807) is 18.2 Å². The van der Waals surface area contributed by atoms with Crippen LogP contribution in [0.5, 0.6) is 11.5 Å². The van der Waals surface area contributed by atoms with Crippen molar-refractivity contribution in [2.24, 2.45) is 0 Å². The number of benzene rings is 2. The SMILES string of the molecule is CC(Nc1ccc(Cl)c(Cl)c1)c1ccc(O)cc1O. The second kappa shape index (κ2) is 5.59. The van der Waals surface area contributed by atoms with E-state index < -0.39 is 0 Å². The predicted molar refractivity (Wildman–Crippen MR) is 78.3 cm³/mol. The van der Waals surface area contributed by atoms with Crippen LogP contribution in [0.4, 0.5) is 5.69 Å². The third-order valence-corrected chi connectivity index (χ3v) is 3.52. The number of phenolic OH excluding ortho intramolecular Hbond substituents is 2. The highest BCUT2D eigenvalue weighted by molar-refractivity contribution is 6.42. The third kappa shape index (κ3) is 3.25. The Hall–Kier alpha value is -1.58. The van der Waals surface area contributed by atoms with Crippen LogP contribution in [0.1, 0.15) is 18.5 Å². The van der Waals surface area contributed by atoms with Crippen molar-refractivity contribution < 1.29 is 10.2 Å². The van der Waals surface area contributed by atoms with Crippen LogP contribution in [0.2, 0.25) is 10.0 Å². The van der Waals surface area contributed by atoms with E-state index in [1.165, 1.54) is 12.1 Å². The fourth-order valence-corrected chi connectivity index (χ4v) is 2.11. The summed E-state index contributed by atoms with van der Waals surface area (Å²) in [5.74, 6) is 0.0723. The van der Waals surface area contributed by atoms with E-state index in [9.17, 15) is 10.2 Å². The van der Waals surface area contributed by atoms with Crippen LogP contribution in [0.15, 0.2) is 36.4 Å². The fraction of sp³-hybridized carbons (Fsp3) is 0.143. The molecule has 1 atom stereocenters. The normalized spacial score (nSPS) is 12.2. The van der Waals surface area contributed by atoms with E-state index in [0.29, 0.717) is 15.6 Å². The summed E-state index contributed by atoms with van der Waals surface area (Å²) in [5.41, 5.74) is 1.48. The van der Waals surface area contributed by atoms with Crippen molar-refractivity contribution in [3.8, 4) is 11.5 Å². The lowest BCUT2D eigenvalue weighted by Crippen LogP contribution is -2.06. The molecule has 0 radical (unpaired) electrons. The molecule has 0 fully saturated rings. The quantitative estimate of drug-likeness (QED) is 0.777. The first-order valence-electron chi connectivity index (χ1n) is 5.71. The first-order valence-corrected chi connectivity index (χ1v) is 6.46. The van der Waals surface area contributed by atoms with Gasteiger partial charge in [0.15, 0.2) is 0 Å². The predicted octanol–water partition coefficient (Wildman–Crippen LogP) is 4.58. The minimum Gasteiger partial charge on any atom is -0.508 e. The highest BCUT2D eigenvalue weighted by Crippen LogP contribution is 2.31. The van der Waals surface area contributed by atoms with E-state index in [2.05, 4.69) is 5.32 Å². The van der Waals surface area contributed by atoms with Crippen LogP contribution in [0, 0.1) is 0 Å². The van der Waals surface area contributed by atoms with Gasteiger partial charge in [-0.3, -0.25) is 0 Å². The molecule has 2 rings (SSSR count). The molecule has 0 aliphatic rings. The van der Waals surface area contributed by atoms with Crippen LogP contribution >= 0.6 is 23.2 Å². The maximum atomic E-state index is 9.79. The Kier molecular flexibility index (Phi) is 4.08. The molecule has 1 unspecified atom stereocenters. The summed E-state index contributed by atoms with van der Waals surface area (Å²) in [6.45, 7) is 1.90. The van der Waals surface area contributed by atoms with E-state index in [-0.39, 0.29) is 17.5 Å². The highest BCUT2D eigenvalue weighted by Gasteiger charge is 2.11. The first-order chi connectivity index (χ1) is 8.97. The molecule has 0 saturated heterocycles. The second-order valence-corrected chi connectivity index (χ2v) is 5.05. The van der Waals surface area contributed by atoms with Gasteiger partial charge in [-0.05, 0) is 37.3 Å². The number of hydrogen-bond acceptors (Lipinski definition) is 3. The molecule has 0 amide bonds. The zero-order chi connectivity index (χ0) is 14.0. The van der Waals surface area contributed by atoms with Crippen molar-refractivity contribution in [1.82, 2.24) is 0 Å². The number of anilines is 1. The summed E-state index contributed by atoms with van der Waals surface area (Å²) >= 11 is 11.8. The van der Waals surface area contributed by atoms with E-state index in [4.69, 9.17) is 23.2 Å². The molecule has 2 aromatic rings. The Balaban J connectivity index is 2.20. The van der Waals surface area contributed by atoms with Crippen molar-refractivity contribution in [2.45, 2.75) is 13.0 Å². The summed E-state index contributed by atoms with van der Waals surface area (Å²) < 4.78 is 0. The van der Waals surface area contributed by atoms with Crippen LogP contribution in [0.3, 0.4) is 0 Å². The Morgan fingerprint density at radius 2 is 1.74 bits per heavy atom. The van der Waals surface area contributed by atoms with Gasteiger partial charge < -0.3 is 15.5 Å². The van der Waals surface area contributed by atoms with Gasteiger partial charge in [-0.1, -0.05) is 23.2 Å². The maximum Gasteiger partial charge on any atom is 0.124 e. The summed E-state index contributed by atoms with van der Waals surface area (Å²) in [4.78, 5) is 0. The molecule has 0 spiro atoms. The molecule has 3 nitrogen and oxygen atoms in total. The van der Waals surface area contributed by atoms with Gasteiger partial charge in [0.1, 0.15) is 11.5 Å². The van der Waals surface area contributed by atoms with Crippen LogP contribution < -0.4 is 5.32 Å². The number of rotatable bonds is 3. The van der Waals surface area contributed by atoms with Crippen molar-refractivity contribution in [3.63, 3.8) is 0 Å². The monoisotopic (exact) mass is 297 g/mol. The number of hydrogen-bond donors (Lipinski definition) is 3. The molecule has 0 saturated carbocycles. The first kappa shape index (κ1) is 13.8. The van der Waals surface area contributed by atoms with E-state index in [1.807, 2.05) is 13.0 Å². The van der Waals surface area contributed by atoms with Gasteiger partial charge in [-0.15, -0.1) is 0 Å². The lowest BCUT2D eigenvalue weighted by atomic mass is 10.1. The average molecular weight is 298 g/mol. The van der Waals surface area contributed by atoms with Gasteiger partial charge >= 0.3 is 0 Å². The number of halogens is 2. The van der Waals surface area contributed by atoms with Gasteiger partial charge in [0.2, 0.25) is 0 Å². The fourth-order valence-electron chi connectivity index (χ4n) is 1.81. The molecule has 0 aromatic heterocycles. The Labute approximate surface area is 121 Å². The van der Waals surface area contributed by atoms with Gasteiger partial charge in [-0.25, -0.2) is 0 Å². The van der Waals surface area contributed by atoms with Gasteiger partial charge in [0, 0.05) is 17.3 Å². The van der Waals surface area contributed by atoms with Crippen molar-refractivity contribution in [1.29, 1.82) is 0 Å². The molecule has 0 bridgehead atoms. The van der Waals surface area contributed by atoms with E-state index in [0.717, 1.165) is 5.69 Å². The zero-order valence-corrected chi connectivity index (χ0v) is 11.7. The molecule has 5 heteroatoms. The number of phenols is 2. The molecule has 100 valence electrons. The molecule has 0 aliphatic heterocycles. The number of aromatic hydroxyl groups is 2. The van der Waals surface area contributed by atoms with Crippen LogP contribution in [0.25, 0.3) is 0 Å². The minimum absolute atomic E-state index is 0.0305. The lowest BCUT2D eigenvalue weighted by Gasteiger charge is -2.17. The molecule has 2 aromatic carbocycles. The highest BCUT2D eigenvalue weighted by atomic mass is 35.5. The second-order valence-electron chi connectivity index (χ2n) is 4.24. The summed E-state index contributed by atoms with van der Waals surface area (Å²) in [6, 6.07) is 9.60. The van der Waals surface area contributed by atoms with Gasteiger partial charge in [0.25, 0.3) is 0 Å². The molecular formula is C14H13Cl2NO2. The molecule has 3 N–H and O–H groups in total. The smallest absolute Gasteiger partial charge is 0.124 e. The Morgan fingerprint density at radius 1 is 1.00 bits per heavy atom. The van der Waals surface area contributed by atoms with Crippen LogP contribution in [-0.4, -0.2) is 10.2 Å². The van der Waals surface area contributed by atoms with Crippen molar-refractivity contribution in [2.75, 3.05) is 5.32 Å². The topological polar surface area (TPSA) is 52.5 Å². The Bertz CT molecular complexity index is 602. The number of nitrogens with one attached hydrogen (secondary N) is 1. The molecular weight excluding hydrogens is 285 g/mol. The third-order valence-electron chi connectivity index (χ3n) is 2.78. The van der Waals surface area contributed by atoms with Gasteiger partial charge in [0.05, 0.1) is 16.1 Å².